The first-order valence-corrected chi connectivity index (χ1v) is 16.0. The highest BCUT2D eigenvalue weighted by molar-refractivity contribution is 14.1. The van der Waals surface area contributed by atoms with Gasteiger partial charge in [0.15, 0.2) is 29.2 Å². The number of ether oxygens (including phenoxy) is 5. The monoisotopic (exact) mass is 798 g/mol. The fraction of sp³-hybridized carbons (Fsp3) is 0.281. The highest BCUT2D eigenvalue weighted by Crippen LogP contribution is 2.36. The number of methoxy groups -OCH3 is 2. The van der Waals surface area contributed by atoms with E-state index in [0.717, 1.165) is 9.13 Å². The van der Waals surface area contributed by atoms with Gasteiger partial charge < -0.3 is 39.4 Å². The zero-order chi connectivity index (χ0) is 34.1. The van der Waals surface area contributed by atoms with Crippen molar-refractivity contribution in [1.29, 1.82) is 0 Å². The Morgan fingerprint density at radius 1 is 1.09 bits per heavy atom. The molecule has 0 saturated carbocycles. The fourth-order valence-electron chi connectivity index (χ4n) is 4.59. The first-order chi connectivity index (χ1) is 22.5. The molecule has 0 aliphatic carbocycles. The largest absolute Gasteiger partial charge is 0.493 e. The molecule has 15 heteroatoms. The summed E-state index contributed by atoms with van der Waals surface area (Å²) in [5.74, 6) is 1.03. The minimum atomic E-state index is -1.21. The summed E-state index contributed by atoms with van der Waals surface area (Å²) < 4.78 is 29.0. The van der Waals surface area contributed by atoms with Crippen LogP contribution in [0.2, 0.25) is 10.0 Å². The molecule has 0 fully saturated rings. The molecule has 12 nitrogen and oxygen atoms in total. The van der Waals surface area contributed by atoms with Gasteiger partial charge in [-0.15, -0.1) is 0 Å². The summed E-state index contributed by atoms with van der Waals surface area (Å²) in [5, 5.41) is 21.1. The van der Waals surface area contributed by atoms with Crippen LogP contribution >= 0.6 is 45.8 Å². The van der Waals surface area contributed by atoms with Crippen molar-refractivity contribution in [2.45, 2.75) is 32.7 Å². The van der Waals surface area contributed by atoms with E-state index in [-0.39, 0.29) is 18.8 Å². The first-order valence-electron chi connectivity index (χ1n) is 14.2. The van der Waals surface area contributed by atoms with Crippen LogP contribution < -0.4 is 35.0 Å². The molecule has 47 heavy (non-hydrogen) atoms. The number of halogens is 3. The van der Waals surface area contributed by atoms with Crippen LogP contribution in [0, 0.1) is 3.57 Å². The number of hydrogen-bond acceptors (Lipinski definition) is 10. The van der Waals surface area contributed by atoms with Crippen molar-refractivity contribution in [3.8, 4) is 23.0 Å². The molecule has 4 rings (SSSR count). The van der Waals surface area contributed by atoms with E-state index in [2.05, 4.69) is 43.8 Å². The van der Waals surface area contributed by atoms with Crippen LogP contribution in [-0.2, 0) is 16.1 Å². The SMILES string of the molecule is CCOc1cc([C@H]2NC(=O)NC(C)=C2C(=O)OC)ccc1OC[C@@H](O)N/N=C/c1cc(I)cc(OC)c1OCc1ccc(Cl)cc1Cl. The van der Waals surface area contributed by atoms with Gasteiger partial charge in [-0.25, -0.2) is 9.59 Å². The van der Waals surface area contributed by atoms with Gasteiger partial charge >= 0.3 is 12.0 Å². The van der Waals surface area contributed by atoms with Crippen molar-refractivity contribution in [2.75, 3.05) is 27.4 Å². The molecule has 250 valence electrons. The van der Waals surface area contributed by atoms with Gasteiger partial charge in [0.2, 0.25) is 0 Å². The molecule has 0 bridgehead atoms. The highest BCUT2D eigenvalue weighted by Gasteiger charge is 2.32. The Hall–Kier alpha value is -3.92. The smallest absolute Gasteiger partial charge is 0.337 e. The second-order valence-corrected chi connectivity index (χ2v) is 12.1. The first kappa shape index (κ1) is 35.9. The Labute approximate surface area is 295 Å². The maximum Gasteiger partial charge on any atom is 0.337 e. The molecule has 4 N–H and O–H groups in total. The summed E-state index contributed by atoms with van der Waals surface area (Å²) in [6, 6.07) is 12.6. The van der Waals surface area contributed by atoms with Gasteiger partial charge in [-0.2, -0.15) is 5.10 Å². The number of rotatable bonds is 14. The Kier molecular flexibility index (Phi) is 12.8. The van der Waals surface area contributed by atoms with E-state index < -0.39 is 24.3 Å². The van der Waals surface area contributed by atoms with Crippen LogP contribution in [-0.4, -0.2) is 57.0 Å². The van der Waals surface area contributed by atoms with Crippen LogP contribution in [0.25, 0.3) is 0 Å². The standard InChI is InChI=1S/C32H33Cl2IN4O8/c1-5-45-25-11-18(29-28(31(41)44-4)17(2)37-32(42)38-29)7-9-24(25)46-16-27(40)39-36-14-20-10-22(35)13-26(43-3)30(20)47-15-19-6-8-21(33)12-23(19)34/h6-14,27,29,39-40H,5,15-16H2,1-4H3,(H2,37,38,42)/b36-14+/t27-,29-/m1/s1. The van der Waals surface area contributed by atoms with Gasteiger partial charge in [-0.05, 0) is 78.4 Å². The Bertz CT molecular complexity index is 1690. The van der Waals surface area contributed by atoms with Gasteiger partial charge in [0.05, 0.1) is 38.7 Å². The summed E-state index contributed by atoms with van der Waals surface area (Å²) >= 11 is 14.5. The number of allylic oxidation sites excluding steroid dienone is 1. The van der Waals surface area contributed by atoms with Gasteiger partial charge in [0.25, 0.3) is 0 Å². The topological polar surface area (TPSA) is 149 Å². The third kappa shape index (κ3) is 9.34. The zero-order valence-electron chi connectivity index (χ0n) is 25.9. The number of nitrogens with zero attached hydrogens (tertiary/aromatic N) is 1. The number of carbonyl (C=O) groups excluding carboxylic acids is 2. The van der Waals surface area contributed by atoms with E-state index in [9.17, 15) is 14.7 Å². The lowest BCUT2D eigenvalue weighted by Crippen LogP contribution is -2.45. The molecule has 3 aromatic carbocycles. The summed E-state index contributed by atoms with van der Waals surface area (Å²) in [4.78, 5) is 24.7. The van der Waals surface area contributed by atoms with Gasteiger partial charge in [-0.1, -0.05) is 35.3 Å². The number of hydrogen-bond donors (Lipinski definition) is 4. The van der Waals surface area contributed by atoms with Crippen molar-refractivity contribution < 1.29 is 38.4 Å². The molecule has 1 heterocycles. The summed E-state index contributed by atoms with van der Waals surface area (Å²) in [7, 11) is 2.81. The molecule has 0 spiro atoms. The number of aliphatic hydroxyl groups excluding tert-OH is 1. The maximum absolute atomic E-state index is 12.5. The zero-order valence-corrected chi connectivity index (χ0v) is 29.5. The predicted octanol–water partition coefficient (Wildman–Crippen LogP) is 5.71. The van der Waals surface area contributed by atoms with Crippen molar-refractivity contribution in [1.82, 2.24) is 16.1 Å². The summed E-state index contributed by atoms with van der Waals surface area (Å²) in [6.07, 6.45) is 0.289. The molecular weight excluding hydrogens is 766 g/mol. The fourth-order valence-corrected chi connectivity index (χ4v) is 5.68. The van der Waals surface area contributed by atoms with Crippen molar-refractivity contribution in [2.24, 2.45) is 5.10 Å². The summed E-state index contributed by atoms with van der Waals surface area (Å²) in [5.41, 5.74) is 5.18. The molecule has 0 aromatic heterocycles. The van der Waals surface area contributed by atoms with Gasteiger partial charge in [-0.3, -0.25) is 5.43 Å². The molecular formula is C32H33Cl2IN4O8. The maximum atomic E-state index is 12.5. The lowest BCUT2D eigenvalue weighted by molar-refractivity contribution is -0.136. The molecule has 1 aliphatic rings. The van der Waals surface area contributed by atoms with Crippen LogP contribution in [0.15, 0.2) is 64.9 Å². The predicted molar refractivity (Wildman–Crippen MR) is 185 cm³/mol. The third-order valence-corrected chi connectivity index (χ3v) is 7.96. The van der Waals surface area contributed by atoms with E-state index in [4.69, 9.17) is 46.9 Å². The lowest BCUT2D eigenvalue weighted by atomic mass is 9.95. The second-order valence-electron chi connectivity index (χ2n) is 9.97. The highest BCUT2D eigenvalue weighted by atomic mass is 127. The van der Waals surface area contributed by atoms with Crippen LogP contribution in [0.4, 0.5) is 4.79 Å². The van der Waals surface area contributed by atoms with Gasteiger partial charge in [0.1, 0.15) is 13.2 Å². The number of urea groups is 1. The number of hydrazone groups is 1. The van der Waals surface area contributed by atoms with Crippen LogP contribution in [0.5, 0.6) is 23.0 Å². The van der Waals surface area contributed by atoms with Crippen LogP contribution in [0.1, 0.15) is 36.6 Å². The Morgan fingerprint density at radius 2 is 1.87 bits per heavy atom. The number of esters is 1. The number of amides is 2. The quantitative estimate of drug-likeness (QED) is 0.0530. The van der Waals surface area contributed by atoms with Crippen molar-refractivity contribution in [3.05, 3.63) is 90.1 Å². The van der Waals surface area contributed by atoms with E-state index in [1.54, 1.807) is 50.2 Å². The minimum absolute atomic E-state index is 0.155. The number of nitrogens with one attached hydrogen (secondary N) is 3. The molecule has 0 saturated heterocycles. The van der Waals surface area contributed by atoms with Gasteiger partial charge in [0, 0.05) is 30.4 Å². The number of carbonyl (C=O) groups is 2. The number of aliphatic hydroxyl groups is 1. The lowest BCUT2D eigenvalue weighted by Gasteiger charge is -2.28. The van der Waals surface area contributed by atoms with Crippen LogP contribution in [0.3, 0.4) is 0 Å². The third-order valence-electron chi connectivity index (χ3n) is 6.75. The van der Waals surface area contributed by atoms with E-state index in [0.29, 0.717) is 56.5 Å². The van der Waals surface area contributed by atoms with Crippen molar-refractivity contribution >= 4 is 64.0 Å². The molecule has 1 aliphatic heterocycles. The van der Waals surface area contributed by atoms with E-state index in [1.165, 1.54) is 20.4 Å². The molecule has 2 atom stereocenters. The molecule has 2 amide bonds. The average Bonchev–Trinajstić information content (AvgIpc) is 3.03. The molecule has 3 aromatic rings. The van der Waals surface area contributed by atoms with Crippen molar-refractivity contribution in [3.63, 3.8) is 0 Å². The van der Waals surface area contributed by atoms with E-state index >= 15 is 0 Å². The normalized spacial score (nSPS) is 15.1. The average molecular weight is 799 g/mol. The Balaban J connectivity index is 1.45. The molecule has 0 radical (unpaired) electrons. The summed E-state index contributed by atoms with van der Waals surface area (Å²) in [6.45, 7) is 3.70. The minimum Gasteiger partial charge on any atom is -0.493 e. The Morgan fingerprint density at radius 3 is 2.57 bits per heavy atom. The van der Waals surface area contributed by atoms with E-state index in [1.807, 2.05) is 12.1 Å². The molecule has 0 unspecified atom stereocenters. The number of benzene rings is 3. The second kappa shape index (κ2) is 16.8.